The van der Waals surface area contributed by atoms with Gasteiger partial charge in [0.15, 0.2) is 0 Å². The number of fused-ring (bicyclic) bond motifs is 3. The summed E-state index contributed by atoms with van der Waals surface area (Å²) in [7, 11) is 1.29. The summed E-state index contributed by atoms with van der Waals surface area (Å²) in [5.74, 6) is 1.30. The number of urea groups is 1. The predicted octanol–water partition coefficient (Wildman–Crippen LogP) is 5.61. The van der Waals surface area contributed by atoms with Gasteiger partial charge in [0.2, 0.25) is 11.8 Å². The van der Waals surface area contributed by atoms with Crippen molar-refractivity contribution < 1.29 is 29.0 Å². The van der Waals surface area contributed by atoms with Crippen molar-refractivity contribution in [1.82, 2.24) is 45.3 Å². The van der Waals surface area contributed by atoms with E-state index >= 15 is 0 Å². The molecule has 5 N–H and O–H groups in total. The lowest BCUT2D eigenvalue weighted by Gasteiger charge is -2.53. The topological polar surface area (TPSA) is 189 Å². The molecule has 3 saturated heterocycles. The number of imidazole rings is 2. The van der Waals surface area contributed by atoms with Gasteiger partial charge in [0.1, 0.15) is 23.7 Å². The summed E-state index contributed by atoms with van der Waals surface area (Å²) in [5.41, 5.74) is 4.73. The summed E-state index contributed by atoms with van der Waals surface area (Å²) in [6.07, 6.45) is 13.9. The standard InChI is InChI=1S/C44H61N9O6/c1-27(2)36(50-41(57)51-23-13-31(54)14-24-51)40(56)53-22-6-7-33(53)37-45-25-32(48-37)29-9-11-30(12-10-29)43-15-18-44(19-16-43,20-17-43)35-26-46-38(49-35)34-8-5-21-52(34)39(55)28(3)47-42(58)59-4/h9-12,25-28,31,33-34,36,54H,5-8,13-24H2,1-4H3,(H,45,48)(H,46,49)(H,47,58)(H,50,57)/t28?,33-,34-,36+,43?,44?/m0/s1. The van der Waals surface area contributed by atoms with E-state index in [1.807, 2.05) is 36.0 Å². The lowest BCUT2D eigenvalue weighted by atomic mass is 9.51. The van der Waals surface area contributed by atoms with E-state index in [2.05, 4.69) is 44.9 Å². The number of nitrogens with zero attached hydrogens (tertiary/aromatic N) is 5. The molecule has 4 atom stereocenters. The number of carbonyl (C=O) groups is 4. The summed E-state index contributed by atoms with van der Waals surface area (Å²) >= 11 is 0. The van der Waals surface area contributed by atoms with Gasteiger partial charge in [0.05, 0.1) is 37.2 Å². The van der Waals surface area contributed by atoms with Crippen molar-refractivity contribution >= 4 is 23.9 Å². The fraction of sp³-hybridized carbons (Fsp3) is 0.636. The molecule has 3 aliphatic carbocycles. The molecule has 3 aliphatic heterocycles. The normalized spacial score (nSPS) is 26.9. The second kappa shape index (κ2) is 16.6. The number of aromatic amines is 2. The average Bonchev–Trinajstić information content (AvgIpc) is 4.10. The van der Waals surface area contributed by atoms with Crippen LogP contribution in [-0.4, -0.2) is 115 Å². The molecule has 9 rings (SSSR count). The average molecular weight is 812 g/mol. The summed E-state index contributed by atoms with van der Waals surface area (Å²) in [5, 5.41) is 15.5. The van der Waals surface area contributed by atoms with Gasteiger partial charge in [-0.25, -0.2) is 19.6 Å². The SMILES string of the molecule is COC(=O)NC(C)C(=O)N1CCC[C@H]1c1ncc(C23CCC(c4ccc(-c5cnc([C@@H]6CCCN6C(=O)[C@H](NC(=O)N6CCC(O)CC6)C(C)C)[nH]5)cc4)(CC2)CC3)[nH]1. The zero-order valence-electron chi connectivity index (χ0n) is 35.0. The number of methoxy groups -OCH3 is 1. The number of carbonyl (C=O) groups excluding carboxylic acids is 4. The molecule has 1 unspecified atom stereocenters. The van der Waals surface area contributed by atoms with Gasteiger partial charge in [-0.05, 0) is 106 Å². The van der Waals surface area contributed by atoms with Crippen LogP contribution in [0, 0.1) is 5.92 Å². The van der Waals surface area contributed by atoms with E-state index in [-0.39, 0.29) is 52.8 Å². The number of piperidine rings is 1. The number of aliphatic hydroxyl groups excluding tert-OH is 1. The zero-order valence-corrected chi connectivity index (χ0v) is 35.0. The Bertz CT molecular complexity index is 1980. The minimum Gasteiger partial charge on any atom is -0.453 e. The fourth-order valence-electron chi connectivity index (χ4n) is 10.6. The first-order valence-corrected chi connectivity index (χ1v) is 21.8. The molecular formula is C44H61N9O6. The van der Waals surface area contributed by atoms with E-state index in [4.69, 9.17) is 14.7 Å². The second-order valence-electron chi connectivity index (χ2n) is 18.1. The molecule has 1 aromatic carbocycles. The Hall–Kier alpha value is -4.92. The number of hydrogen-bond acceptors (Lipinski definition) is 8. The van der Waals surface area contributed by atoms with Crippen LogP contribution in [0.5, 0.6) is 0 Å². The van der Waals surface area contributed by atoms with Gasteiger partial charge in [0, 0.05) is 43.5 Å². The van der Waals surface area contributed by atoms with E-state index in [0.717, 1.165) is 87.1 Å². The van der Waals surface area contributed by atoms with Gasteiger partial charge < -0.3 is 45.1 Å². The van der Waals surface area contributed by atoms with Gasteiger partial charge in [-0.15, -0.1) is 0 Å². The van der Waals surface area contributed by atoms with Crippen molar-refractivity contribution in [2.24, 2.45) is 5.92 Å². The number of rotatable bonds is 10. The highest BCUT2D eigenvalue weighted by Crippen LogP contribution is 2.58. The quantitative estimate of drug-likeness (QED) is 0.175. The molecule has 15 nitrogen and oxygen atoms in total. The molecule has 318 valence electrons. The summed E-state index contributed by atoms with van der Waals surface area (Å²) in [6.45, 7) is 7.82. The lowest BCUT2D eigenvalue weighted by molar-refractivity contribution is -0.135. The van der Waals surface area contributed by atoms with Crippen LogP contribution in [0.2, 0.25) is 0 Å². The number of aromatic nitrogens is 4. The Morgan fingerprint density at radius 1 is 0.763 bits per heavy atom. The highest BCUT2D eigenvalue weighted by atomic mass is 16.5. The van der Waals surface area contributed by atoms with Crippen LogP contribution in [0.15, 0.2) is 36.7 Å². The monoisotopic (exact) mass is 811 g/mol. The predicted molar refractivity (Wildman–Crippen MR) is 220 cm³/mol. The number of amides is 5. The molecule has 0 spiro atoms. The molecule has 2 aromatic heterocycles. The maximum atomic E-state index is 14.0. The molecule has 15 heteroatoms. The highest BCUT2D eigenvalue weighted by molar-refractivity contribution is 5.88. The first-order chi connectivity index (χ1) is 28.4. The second-order valence-corrected chi connectivity index (χ2v) is 18.1. The van der Waals surface area contributed by atoms with E-state index in [0.29, 0.717) is 39.0 Å². The Labute approximate surface area is 346 Å². The third kappa shape index (κ3) is 7.94. The molecule has 3 saturated carbocycles. The molecular weight excluding hydrogens is 751 g/mol. The molecule has 2 bridgehead atoms. The Morgan fingerprint density at radius 2 is 1.34 bits per heavy atom. The smallest absolute Gasteiger partial charge is 0.407 e. The van der Waals surface area contributed by atoms with Gasteiger partial charge in [-0.1, -0.05) is 38.1 Å². The number of likely N-dealkylation sites (tertiary alicyclic amines) is 3. The van der Waals surface area contributed by atoms with Crippen LogP contribution in [0.1, 0.15) is 133 Å². The van der Waals surface area contributed by atoms with Crippen LogP contribution in [0.3, 0.4) is 0 Å². The Kier molecular flexibility index (Phi) is 11.5. The fourth-order valence-corrected chi connectivity index (χ4v) is 10.6. The third-order valence-corrected chi connectivity index (χ3v) is 14.4. The van der Waals surface area contributed by atoms with Gasteiger partial charge in [-0.2, -0.15) is 0 Å². The van der Waals surface area contributed by atoms with Crippen LogP contribution in [0.25, 0.3) is 11.3 Å². The van der Waals surface area contributed by atoms with Crippen LogP contribution in [-0.2, 0) is 25.2 Å². The number of ether oxygens (including phenoxy) is 1. The molecule has 6 fully saturated rings. The van der Waals surface area contributed by atoms with Crippen molar-refractivity contribution in [3.63, 3.8) is 0 Å². The van der Waals surface area contributed by atoms with Crippen molar-refractivity contribution in [3.05, 3.63) is 59.6 Å². The maximum absolute atomic E-state index is 14.0. The molecule has 0 radical (unpaired) electrons. The summed E-state index contributed by atoms with van der Waals surface area (Å²) in [4.78, 5) is 74.4. The van der Waals surface area contributed by atoms with E-state index in [9.17, 15) is 24.3 Å². The van der Waals surface area contributed by atoms with Crippen molar-refractivity contribution in [2.45, 2.75) is 139 Å². The van der Waals surface area contributed by atoms with Crippen LogP contribution >= 0.6 is 0 Å². The van der Waals surface area contributed by atoms with E-state index in [1.165, 1.54) is 18.4 Å². The third-order valence-electron chi connectivity index (χ3n) is 14.4. The highest BCUT2D eigenvalue weighted by Gasteiger charge is 2.51. The van der Waals surface area contributed by atoms with Gasteiger partial charge >= 0.3 is 12.1 Å². The summed E-state index contributed by atoms with van der Waals surface area (Å²) in [6, 6.07) is 7.06. The number of benzene rings is 1. The van der Waals surface area contributed by atoms with Crippen LogP contribution < -0.4 is 10.6 Å². The van der Waals surface area contributed by atoms with Crippen molar-refractivity contribution in [2.75, 3.05) is 33.3 Å². The molecule has 5 amide bonds. The molecule has 6 aliphatic rings. The van der Waals surface area contributed by atoms with Crippen molar-refractivity contribution in [1.29, 1.82) is 0 Å². The van der Waals surface area contributed by atoms with E-state index < -0.39 is 18.2 Å². The van der Waals surface area contributed by atoms with Crippen LogP contribution in [0.4, 0.5) is 9.59 Å². The number of H-pyrrole nitrogens is 2. The maximum Gasteiger partial charge on any atom is 0.407 e. The molecule has 59 heavy (non-hydrogen) atoms. The van der Waals surface area contributed by atoms with Gasteiger partial charge in [0.25, 0.3) is 0 Å². The minimum absolute atomic E-state index is 0.0561. The first-order valence-electron chi connectivity index (χ1n) is 21.8. The zero-order chi connectivity index (χ0) is 41.5. The summed E-state index contributed by atoms with van der Waals surface area (Å²) < 4.78 is 4.69. The number of nitrogens with one attached hydrogen (secondary N) is 4. The lowest BCUT2D eigenvalue weighted by Crippen LogP contribution is -2.55. The molecule has 3 aromatic rings. The number of hydrogen-bond donors (Lipinski definition) is 5. The minimum atomic E-state index is -0.680. The first kappa shape index (κ1) is 40.8. The van der Waals surface area contributed by atoms with Gasteiger partial charge in [-0.3, -0.25) is 9.59 Å². The Balaban J connectivity index is 0.889. The van der Waals surface area contributed by atoms with Crippen molar-refractivity contribution in [3.8, 4) is 11.3 Å². The number of alkyl carbamates (subject to hydrolysis) is 1. The largest absolute Gasteiger partial charge is 0.453 e. The Morgan fingerprint density at radius 3 is 1.95 bits per heavy atom. The number of aliphatic hydroxyl groups is 1. The van der Waals surface area contributed by atoms with E-state index in [1.54, 1.807) is 11.8 Å². The molecule has 5 heterocycles.